The molecule has 2 atom stereocenters. The van der Waals surface area contributed by atoms with E-state index in [0.29, 0.717) is 25.8 Å². The highest BCUT2D eigenvalue weighted by Gasteiger charge is 2.10. The lowest BCUT2D eigenvalue weighted by Gasteiger charge is -2.06. The molecule has 0 aromatic carbocycles. The van der Waals surface area contributed by atoms with E-state index in [2.05, 4.69) is 12.2 Å². The van der Waals surface area contributed by atoms with E-state index in [1.165, 1.54) is 0 Å². The minimum atomic E-state index is -1.00. The lowest BCUT2D eigenvalue weighted by Crippen LogP contribution is -2.34. The van der Waals surface area contributed by atoms with Crippen LogP contribution in [0, 0.1) is 5.41 Å². The van der Waals surface area contributed by atoms with Crippen molar-refractivity contribution in [2.24, 2.45) is 17.2 Å². The fourth-order valence-electron chi connectivity index (χ4n) is 1.41. The molecule has 0 amide bonds. The molecule has 0 fully saturated rings. The molecule has 1 unspecified atom stereocenters. The fraction of sp³-hybridized carbons (Fsp3) is 0.769. The van der Waals surface area contributed by atoms with Gasteiger partial charge in [0.1, 0.15) is 12.1 Å². The van der Waals surface area contributed by atoms with Gasteiger partial charge in [-0.1, -0.05) is 26.2 Å². The fourth-order valence-corrected chi connectivity index (χ4v) is 1.41. The van der Waals surface area contributed by atoms with Crippen molar-refractivity contribution in [3.05, 3.63) is 0 Å². The Kier molecular flexibility index (Phi) is 14.3. The van der Waals surface area contributed by atoms with Crippen molar-refractivity contribution in [3.8, 4) is 0 Å². The van der Waals surface area contributed by atoms with Crippen molar-refractivity contribution in [1.82, 2.24) is 5.32 Å². The van der Waals surface area contributed by atoms with Gasteiger partial charge in [0.2, 0.25) is 0 Å². The van der Waals surface area contributed by atoms with Crippen molar-refractivity contribution in [1.29, 1.82) is 5.41 Å². The summed E-state index contributed by atoms with van der Waals surface area (Å²) < 4.78 is 0. The van der Waals surface area contributed by atoms with Gasteiger partial charge in [0.05, 0.1) is 0 Å². The number of carboxylic acid groups (broad SMARTS) is 2. The van der Waals surface area contributed by atoms with Gasteiger partial charge in [-0.3, -0.25) is 15.0 Å². The Morgan fingerprint density at radius 2 is 1.50 bits per heavy atom. The number of nitrogens with two attached hydrogens (primary N) is 3. The van der Waals surface area contributed by atoms with Crippen molar-refractivity contribution in [2.45, 2.75) is 57.5 Å². The maximum Gasteiger partial charge on any atom is 0.320 e. The second-order valence-electron chi connectivity index (χ2n) is 4.87. The Morgan fingerprint density at radius 1 is 1.05 bits per heavy atom. The van der Waals surface area contributed by atoms with Crippen LogP contribution in [0.25, 0.3) is 0 Å². The Morgan fingerprint density at radius 3 is 1.86 bits per heavy atom. The van der Waals surface area contributed by atoms with E-state index in [-0.39, 0.29) is 5.96 Å². The minimum absolute atomic E-state index is 0.112. The molecule has 0 heterocycles. The quantitative estimate of drug-likeness (QED) is 0.161. The maximum atomic E-state index is 10.2. The van der Waals surface area contributed by atoms with Gasteiger partial charge < -0.3 is 32.7 Å². The lowest BCUT2D eigenvalue weighted by atomic mass is 10.1. The summed E-state index contributed by atoms with van der Waals surface area (Å²) in [6.45, 7) is 2.56. The molecule has 22 heavy (non-hydrogen) atoms. The summed E-state index contributed by atoms with van der Waals surface area (Å²) in [5, 5.41) is 26.1. The van der Waals surface area contributed by atoms with E-state index in [9.17, 15) is 9.59 Å². The van der Waals surface area contributed by atoms with E-state index in [1.807, 2.05) is 0 Å². The zero-order valence-electron chi connectivity index (χ0n) is 13.0. The van der Waals surface area contributed by atoms with Crippen molar-refractivity contribution < 1.29 is 19.8 Å². The van der Waals surface area contributed by atoms with Crippen molar-refractivity contribution in [3.63, 3.8) is 0 Å². The van der Waals surface area contributed by atoms with Gasteiger partial charge in [-0.2, -0.15) is 0 Å². The molecule has 0 rings (SSSR count). The molecule has 0 saturated carbocycles. The van der Waals surface area contributed by atoms with Crippen LogP contribution in [0.3, 0.4) is 0 Å². The Bertz CT molecular complexity index is 338. The number of hydrogen-bond acceptors (Lipinski definition) is 5. The molecule has 0 aliphatic rings. The highest BCUT2D eigenvalue weighted by molar-refractivity contribution is 5.74. The van der Waals surface area contributed by atoms with Crippen LogP contribution in [0.5, 0.6) is 0 Å². The molecule has 0 aromatic heterocycles. The molecule has 0 aromatic rings. The van der Waals surface area contributed by atoms with Crippen LogP contribution in [0.2, 0.25) is 0 Å². The van der Waals surface area contributed by atoms with E-state index >= 15 is 0 Å². The van der Waals surface area contributed by atoms with Crippen molar-refractivity contribution in [2.75, 3.05) is 6.54 Å². The summed E-state index contributed by atoms with van der Waals surface area (Å²) in [4.78, 5) is 20.4. The predicted octanol–water partition coefficient (Wildman–Crippen LogP) is -0.360. The first-order valence-electron chi connectivity index (χ1n) is 7.27. The van der Waals surface area contributed by atoms with Gasteiger partial charge in [0.15, 0.2) is 5.96 Å². The second-order valence-corrected chi connectivity index (χ2v) is 4.87. The first-order valence-corrected chi connectivity index (χ1v) is 7.27. The first-order chi connectivity index (χ1) is 10.2. The van der Waals surface area contributed by atoms with Crippen LogP contribution < -0.4 is 22.5 Å². The topological polar surface area (TPSA) is 189 Å². The summed E-state index contributed by atoms with van der Waals surface area (Å²) in [6.07, 6.45) is 4.67. The van der Waals surface area contributed by atoms with Crippen LogP contribution in [-0.2, 0) is 9.59 Å². The average molecular weight is 319 g/mol. The number of unbranched alkanes of at least 4 members (excludes halogenated alkanes) is 2. The van der Waals surface area contributed by atoms with Crippen LogP contribution in [0.4, 0.5) is 0 Å². The summed E-state index contributed by atoms with van der Waals surface area (Å²) in [5.41, 5.74) is 15.5. The number of rotatable bonds is 10. The van der Waals surface area contributed by atoms with Crippen LogP contribution in [0.15, 0.2) is 0 Å². The molecule has 0 spiro atoms. The van der Waals surface area contributed by atoms with Gasteiger partial charge in [-0.15, -0.1) is 0 Å². The van der Waals surface area contributed by atoms with Gasteiger partial charge in [0.25, 0.3) is 0 Å². The normalized spacial score (nSPS) is 12.5. The maximum absolute atomic E-state index is 10.2. The molecule has 0 saturated heterocycles. The largest absolute Gasteiger partial charge is 0.480 e. The smallest absolute Gasteiger partial charge is 0.320 e. The number of nitrogens with one attached hydrogen (secondary N) is 2. The number of carboxylic acids is 2. The molecule has 0 bridgehead atoms. The summed E-state index contributed by atoms with van der Waals surface area (Å²) in [5.74, 6) is -2.01. The molecule has 130 valence electrons. The molecule has 0 radical (unpaired) electrons. The molecular weight excluding hydrogens is 290 g/mol. The third-order valence-corrected chi connectivity index (χ3v) is 2.76. The van der Waals surface area contributed by atoms with Gasteiger partial charge >= 0.3 is 11.9 Å². The van der Waals surface area contributed by atoms with E-state index < -0.39 is 24.0 Å². The van der Waals surface area contributed by atoms with E-state index in [4.69, 9.17) is 32.8 Å². The molecule has 0 aliphatic carbocycles. The summed E-state index contributed by atoms with van der Waals surface area (Å²) in [7, 11) is 0. The number of guanidine groups is 1. The molecular formula is C13H29N5O4. The number of carbonyl (C=O) groups is 2. The Labute approximate surface area is 130 Å². The monoisotopic (exact) mass is 319 g/mol. The van der Waals surface area contributed by atoms with Crippen LogP contribution in [-0.4, -0.2) is 46.7 Å². The minimum Gasteiger partial charge on any atom is -0.480 e. The number of aliphatic carboxylic acids is 2. The zero-order chi connectivity index (χ0) is 17.5. The third kappa shape index (κ3) is 16.2. The van der Waals surface area contributed by atoms with E-state index in [0.717, 1.165) is 19.3 Å². The predicted molar refractivity (Wildman–Crippen MR) is 84.5 cm³/mol. The Balaban J connectivity index is 0. The molecule has 9 nitrogen and oxygen atoms in total. The first kappa shape index (κ1) is 22.4. The molecule has 0 aliphatic heterocycles. The summed E-state index contributed by atoms with van der Waals surface area (Å²) >= 11 is 0. The third-order valence-electron chi connectivity index (χ3n) is 2.76. The highest BCUT2D eigenvalue weighted by Crippen LogP contribution is 2.01. The SMILES string of the molecule is CCCCCC(N)C(=O)O.N=C(N)NCCC[C@H](N)C(=O)O. The number of hydrogen-bond donors (Lipinski definition) is 7. The van der Waals surface area contributed by atoms with Crippen molar-refractivity contribution >= 4 is 17.9 Å². The summed E-state index contributed by atoms with van der Waals surface area (Å²) in [6, 6.07) is -1.48. The molecule has 9 heteroatoms. The van der Waals surface area contributed by atoms with Crippen LogP contribution in [0.1, 0.15) is 45.4 Å². The highest BCUT2D eigenvalue weighted by atomic mass is 16.4. The lowest BCUT2D eigenvalue weighted by molar-refractivity contribution is -0.139. The zero-order valence-corrected chi connectivity index (χ0v) is 13.0. The Hall–Kier alpha value is -1.87. The van der Waals surface area contributed by atoms with Gasteiger partial charge in [0, 0.05) is 6.54 Å². The standard InChI is InChI=1S/C7H15NO2.C6H14N4O2/c1-2-3-4-5-6(8)7(9)10;7-4(5(11)12)2-1-3-10-6(8)9/h6H,2-5,8H2,1H3,(H,9,10);4H,1-3,7H2,(H,11,12)(H4,8,9,10)/t;4-/m.0/s1. The van der Waals surface area contributed by atoms with Gasteiger partial charge in [-0.05, 0) is 19.3 Å². The second kappa shape index (κ2) is 14.1. The van der Waals surface area contributed by atoms with Gasteiger partial charge in [-0.25, -0.2) is 0 Å². The van der Waals surface area contributed by atoms with Crippen LogP contribution >= 0.6 is 0 Å². The average Bonchev–Trinajstić information content (AvgIpc) is 2.43. The van der Waals surface area contributed by atoms with E-state index in [1.54, 1.807) is 0 Å². The molecule has 10 N–H and O–H groups in total.